The van der Waals surface area contributed by atoms with Crippen molar-refractivity contribution in [2.45, 2.75) is 58.4 Å². The molecular formula is C19H31N3O3S. The normalized spacial score (nSPS) is 26.4. The number of nitrogens with zero attached hydrogens (tertiary/aromatic N) is 2. The average Bonchev–Trinajstić information content (AvgIpc) is 2.61. The first kappa shape index (κ1) is 19.8. The molecule has 3 unspecified atom stereocenters. The molecule has 0 radical (unpaired) electrons. The van der Waals surface area contributed by atoms with Gasteiger partial charge in [-0.15, -0.1) is 0 Å². The van der Waals surface area contributed by atoms with Crippen molar-refractivity contribution in [3.8, 4) is 0 Å². The van der Waals surface area contributed by atoms with E-state index in [1.54, 1.807) is 0 Å². The van der Waals surface area contributed by atoms with Crippen molar-refractivity contribution in [2.75, 3.05) is 26.2 Å². The van der Waals surface area contributed by atoms with E-state index in [-0.39, 0.29) is 18.2 Å². The van der Waals surface area contributed by atoms with Crippen LogP contribution >= 0.6 is 0 Å². The summed E-state index contributed by atoms with van der Waals surface area (Å²) >= 11 is 0. The standard InChI is InChI=1S/C19H31N3O3S/c1-4-19(21-10-9-17-7-5-6-8-18(17)14-21)11-20-26(23,24)22-12-15(2)25-16(3)13-22/h5-8,15-16,19-20H,4,9-14H2,1-3H3. The second kappa shape index (κ2) is 8.35. The van der Waals surface area contributed by atoms with Gasteiger partial charge in [-0.2, -0.15) is 12.7 Å². The van der Waals surface area contributed by atoms with Gasteiger partial charge in [0.1, 0.15) is 0 Å². The summed E-state index contributed by atoms with van der Waals surface area (Å²) in [6.07, 6.45) is 1.80. The molecule has 0 saturated carbocycles. The Hall–Kier alpha value is -0.990. The van der Waals surface area contributed by atoms with E-state index in [4.69, 9.17) is 4.74 Å². The van der Waals surface area contributed by atoms with Crippen LogP contribution in [-0.2, 0) is 27.9 Å². The molecule has 1 N–H and O–H groups in total. The molecular weight excluding hydrogens is 350 g/mol. The number of morpholine rings is 1. The molecule has 6 nitrogen and oxygen atoms in total. The van der Waals surface area contributed by atoms with Crippen LogP contribution in [0.1, 0.15) is 38.3 Å². The Morgan fingerprint density at radius 2 is 1.85 bits per heavy atom. The largest absolute Gasteiger partial charge is 0.373 e. The van der Waals surface area contributed by atoms with E-state index < -0.39 is 10.2 Å². The van der Waals surface area contributed by atoms with Gasteiger partial charge in [-0.1, -0.05) is 31.2 Å². The van der Waals surface area contributed by atoms with E-state index in [9.17, 15) is 8.42 Å². The fourth-order valence-corrected chi connectivity index (χ4v) is 5.38. The molecule has 0 aromatic heterocycles. The van der Waals surface area contributed by atoms with E-state index in [1.165, 1.54) is 15.4 Å². The molecule has 0 aliphatic carbocycles. The second-order valence-corrected chi connectivity index (χ2v) is 9.23. The van der Waals surface area contributed by atoms with E-state index >= 15 is 0 Å². The Kier molecular flexibility index (Phi) is 6.35. The molecule has 0 amide bonds. The highest BCUT2D eigenvalue weighted by molar-refractivity contribution is 7.87. The smallest absolute Gasteiger partial charge is 0.279 e. The van der Waals surface area contributed by atoms with Crippen LogP contribution in [-0.4, -0.2) is 62.1 Å². The second-order valence-electron chi connectivity index (χ2n) is 7.48. The Balaban J connectivity index is 1.60. The van der Waals surface area contributed by atoms with E-state index in [1.807, 2.05) is 13.8 Å². The zero-order valence-corrected chi connectivity index (χ0v) is 16.8. The van der Waals surface area contributed by atoms with Gasteiger partial charge in [0, 0.05) is 38.8 Å². The van der Waals surface area contributed by atoms with Crippen molar-refractivity contribution in [1.82, 2.24) is 13.9 Å². The average molecular weight is 382 g/mol. The van der Waals surface area contributed by atoms with Crippen molar-refractivity contribution >= 4 is 10.2 Å². The van der Waals surface area contributed by atoms with Crippen LogP contribution in [0.4, 0.5) is 0 Å². The molecule has 1 aromatic carbocycles. The topological polar surface area (TPSA) is 61.9 Å². The lowest BCUT2D eigenvalue weighted by molar-refractivity contribution is -0.0444. The molecule has 2 aliphatic rings. The molecule has 1 aromatic rings. The van der Waals surface area contributed by atoms with Crippen LogP contribution < -0.4 is 4.72 Å². The lowest BCUT2D eigenvalue weighted by Gasteiger charge is -2.37. The first-order valence-electron chi connectivity index (χ1n) is 9.60. The summed E-state index contributed by atoms with van der Waals surface area (Å²) in [6, 6.07) is 8.73. The molecule has 3 atom stereocenters. The maximum atomic E-state index is 12.7. The number of fused-ring (bicyclic) bond motifs is 1. The summed E-state index contributed by atoms with van der Waals surface area (Å²) in [5.74, 6) is 0. The van der Waals surface area contributed by atoms with Crippen molar-refractivity contribution in [2.24, 2.45) is 0 Å². The molecule has 7 heteroatoms. The lowest BCUT2D eigenvalue weighted by Crippen LogP contribution is -2.54. The SMILES string of the molecule is CCC(CNS(=O)(=O)N1CC(C)OC(C)C1)N1CCc2ccccc2C1. The van der Waals surface area contributed by atoms with Crippen molar-refractivity contribution < 1.29 is 13.2 Å². The number of nitrogens with one attached hydrogen (secondary N) is 1. The zero-order valence-electron chi connectivity index (χ0n) is 16.0. The van der Waals surface area contributed by atoms with Crippen LogP contribution in [0.2, 0.25) is 0 Å². The lowest BCUT2D eigenvalue weighted by atomic mass is 9.98. The summed E-state index contributed by atoms with van der Waals surface area (Å²) < 4.78 is 35.4. The van der Waals surface area contributed by atoms with Crippen molar-refractivity contribution in [3.63, 3.8) is 0 Å². The fraction of sp³-hybridized carbons (Fsp3) is 0.684. The van der Waals surface area contributed by atoms with Crippen molar-refractivity contribution in [1.29, 1.82) is 0 Å². The van der Waals surface area contributed by atoms with Gasteiger partial charge in [-0.05, 0) is 37.8 Å². The fourth-order valence-electron chi connectivity index (χ4n) is 3.98. The quantitative estimate of drug-likeness (QED) is 0.816. The van der Waals surface area contributed by atoms with Crippen LogP contribution in [0.3, 0.4) is 0 Å². The molecule has 1 fully saturated rings. The minimum Gasteiger partial charge on any atom is -0.373 e. The van der Waals surface area contributed by atoms with Gasteiger partial charge >= 0.3 is 0 Å². The van der Waals surface area contributed by atoms with Gasteiger partial charge in [-0.3, -0.25) is 4.90 Å². The summed E-state index contributed by atoms with van der Waals surface area (Å²) in [7, 11) is -3.48. The third-order valence-electron chi connectivity index (χ3n) is 5.38. The van der Waals surface area contributed by atoms with Gasteiger partial charge in [0.15, 0.2) is 0 Å². The molecule has 0 spiro atoms. The number of hydrogen-bond acceptors (Lipinski definition) is 4. The monoisotopic (exact) mass is 381 g/mol. The first-order valence-corrected chi connectivity index (χ1v) is 11.0. The number of benzene rings is 1. The molecule has 3 rings (SSSR count). The van der Waals surface area contributed by atoms with Crippen LogP contribution in [0, 0.1) is 0 Å². The molecule has 1 saturated heterocycles. The van der Waals surface area contributed by atoms with Gasteiger partial charge in [-0.25, -0.2) is 4.72 Å². The summed E-state index contributed by atoms with van der Waals surface area (Å²) in [4.78, 5) is 2.40. The molecule has 2 aliphatic heterocycles. The van der Waals surface area contributed by atoms with Gasteiger partial charge in [0.05, 0.1) is 12.2 Å². The first-order chi connectivity index (χ1) is 12.4. The van der Waals surface area contributed by atoms with E-state index in [2.05, 4.69) is 40.8 Å². The number of hydrogen-bond donors (Lipinski definition) is 1. The summed E-state index contributed by atoms with van der Waals surface area (Å²) in [5, 5.41) is 0. The maximum absolute atomic E-state index is 12.7. The van der Waals surface area contributed by atoms with Crippen LogP contribution in [0.5, 0.6) is 0 Å². The van der Waals surface area contributed by atoms with E-state index in [0.717, 1.165) is 25.9 Å². The highest BCUT2D eigenvalue weighted by Crippen LogP contribution is 2.21. The third-order valence-corrected chi connectivity index (χ3v) is 6.88. The zero-order chi connectivity index (χ0) is 18.7. The third kappa shape index (κ3) is 4.64. The van der Waals surface area contributed by atoms with E-state index in [0.29, 0.717) is 19.6 Å². The van der Waals surface area contributed by atoms with Gasteiger partial charge < -0.3 is 4.74 Å². The summed E-state index contributed by atoms with van der Waals surface area (Å²) in [5.41, 5.74) is 2.77. The Bertz CT molecular complexity index is 700. The van der Waals surface area contributed by atoms with Crippen molar-refractivity contribution in [3.05, 3.63) is 35.4 Å². The Morgan fingerprint density at radius 3 is 2.50 bits per heavy atom. The van der Waals surface area contributed by atoms with Gasteiger partial charge in [0.25, 0.3) is 10.2 Å². The predicted octanol–water partition coefficient (Wildman–Crippen LogP) is 1.77. The molecule has 146 valence electrons. The molecule has 26 heavy (non-hydrogen) atoms. The van der Waals surface area contributed by atoms with Crippen LogP contribution in [0.15, 0.2) is 24.3 Å². The Morgan fingerprint density at radius 1 is 1.19 bits per heavy atom. The highest BCUT2D eigenvalue weighted by atomic mass is 32.2. The highest BCUT2D eigenvalue weighted by Gasteiger charge is 2.32. The van der Waals surface area contributed by atoms with Gasteiger partial charge in [0.2, 0.25) is 0 Å². The number of rotatable bonds is 6. The summed E-state index contributed by atoms with van der Waals surface area (Å²) in [6.45, 7) is 9.09. The minimum absolute atomic E-state index is 0.0732. The minimum atomic E-state index is -3.48. The molecule has 0 bridgehead atoms. The number of ether oxygens (including phenoxy) is 1. The van der Waals surface area contributed by atoms with Crippen LogP contribution in [0.25, 0.3) is 0 Å². The predicted molar refractivity (Wildman–Crippen MR) is 103 cm³/mol. The Labute approximate surface area is 157 Å². The maximum Gasteiger partial charge on any atom is 0.279 e. The molecule has 2 heterocycles.